The van der Waals surface area contributed by atoms with Crippen LogP contribution in [0.15, 0.2) is 115 Å². The van der Waals surface area contributed by atoms with Gasteiger partial charge in [0.1, 0.15) is 6.04 Å². The number of benzene rings is 4. The molecule has 200 valence electrons. The van der Waals surface area contributed by atoms with Crippen LogP contribution in [0.5, 0.6) is 0 Å². The van der Waals surface area contributed by atoms with Gasteiger partial charge in [-0.05, 0) is 40.8 Å². The Morgan fingerprint density at radius 1 is 0.744 bits per heavy atom. The van der Waals surface area contributed by atoms with E-state index < -0.39 is 6.04 Å². The van der Waals surface area contributed by atoms with Crippen LogP contribution in [0.4, 0.5) is 0 Å². The van der Waals surface area contributed by atoms with Crippen molar-refractivity contribution in [2.45, 2.75) is 44.7 Å². The van der Waals surface area contributed by atoms with E-state index in [9.17, 15) is 9.59 Å². The molecule has 4 nitrogen and oxygen atoms in total. The molecule has 5 heteroatoms. The van der Waals surface area contributed by atoms with Crippen molar-refractivity contribution in [3.63, 3.8) is 0 Å². The molecule has 0 fully saturated rings. The molecule has 0 saturated carbocycles. The fourth-order valence-corrected chi connectivity index (χ4v) is 4.92. The van der Waals surface area contributed by atoms with E-state index in [0.29, 0.717) is 24.5 Å². The minimum absolute atomic E-state index is 0.0739. The molecule has 4 aromatic carbocycles. The van der Waals surface area contributed by atoms with Gasteiger partial charge in [-0.3, -0.25) is 9.59 Å². The molecule has 39 heavy (non-hydrogen) atoms. The SMILES string of the molecule is CCCNC(=O)C(Cc1ccccc1)N(Cc1ccc(Cl)cc1)C(=O)CC(c1ccccc1)c1ccccc1. The van der Waals surface area contributed by atoms with E-state index in [2.05, 4.69) is 29.6 Å². The van der Waals surface area contributed by atoms with Gasteiger partial charge < -0.3 is 10.2 Å². The molecule has 0 aromatic heterocycles. The van der Waals surface area contributed by atoms with E-state index >= 15 is 0 Å². The fraction of sp³-hybridized carbons (Fsp3) is 0.235. The molecular formula is C34H35ClN2O2. The Labute approximate surface area is 236 Å². The van der Waals surface area contributed by atoms with Gasteiger partial charge in [-0.1, -0.05) is 122 Å². The van der Waals surface area contributed by atoms with Gasteiger partial charge in [0.25, 0.3) is 0 Å². The van der Waals surface area contributed by atoms with Gasteiger partial charge in [-0.2, -0.15) is 0 Å². The molecule has 1 atom stereocenters. The third-order valence-corrected chi connectivity index (χ3v) is 7.12. The van der Waals surface area contributed by atoms with Crippen LogP contribution in [-0.4, -0.2) is 29.3 Å². The lowest BCUT2D eigenvalue weighted by Gasteiger charge is -2.33. The lowest BCUT2D eigenvalue weighted by Crippen LogP contribution is -2.50. The fourth-order valence-electron chi connectivity index (χ4n) is 4.80. The zero-order chi connectivity index (χ0) is 27.5. The van der Waals surface area contributed by atoms with Gasteiger partial charge in [0.15, 0.2) is 0 Å². The van der Waals surface area contributed by atoms with Gasteiger partial charge in [-0.25, -0.2) is 0 Å². The Morgan fingerprint density at radius 3 is 1.82 bits per heavy atom. The number of carbonyl (C=O) groups is 2. The topological polar surface area (TPSA) is 49.4 Å². The second-order valence-corrected chi connectivity index (χ2v) is 10.2. The normalized spacial score (nSPS) is 11.7. The number of halogens is 1. The number of carbonyl (C=O) groups excluding carboxylic acids is 2. The maximum Gasteiger partial charge on any atom is 0.243 e. The lowest BCUT2D eigenvalue weighted by atomic mass is 9.87. The first kappa shape index (κ1) is 28.1. The van der Waals surface area contributed by atoms with Gasteiger partial charge in [0.2, 0.25) is 11.8 Å². The third kappa shape index (κ3) is 8.05. The Morgan fingerprint density at radius 2 is 1.28 bits per heavy atom. The molecule has 1 N–H and O–H groups in total. The number of rotatable bonds is 12. The zero-order valence-electron chi connectivity index (χ0n) is 22.3. The molecule has 0 spiro atoms. The molecule has 0 aliphatic rings. The predicted octanol–water partition coefficient (Wildman–Crippen LogP) is 7.03. The maximum atomic E-state index is 14.3. The summed E-state index contributed by atoms with van der Waals surface area (Å²) in [6.45, 7) is 2.89. The van der Waals surface area contributed by atoms with Crippen LogP contribution in [-0.2, 0) is 22.6 Å². The number of amides is 2. The van der Waals surface area contributed by atoms with Gasteiger partial charge >= 0.3 is 0 Å². The highest BCUT2D eigenvalue weighted by Gasteiger charge is 2.32. The number of hydrogen-bond acceptors (Lipinski definition) is 2. The maximum absolute atomic E-state index is 14.3. The van der Waals surface area contributed by atoms with Crippen molar-refractivity contribution in [2.75, 3.05) is 6.54 Å². The number of nitrogens with zero attached hydrogens (tertiary/aromatic N) is 1. The van der Waals surface area contributed by atoms with Gasteiger partial charge in [0, 0.05) is 36.9 Å². The summed E-state index contributed by atoms with van der Waals surface area (Å²) in [5, 5.41) is 3.68. The Bertz CT molecular complexity index is 1270. The minimum Gasteiger partial charge on any atom is -0.354 e. The van der Waals surface area contributed by atoms with Crippen molar-refractivity contribution < 1.29 is 9.59 Å². The molecule has 0 aliphatic heterocycles. The summed E-state index contributed by atoms with van der Waals surface area (Å²) in [7, 11) is 0. The number of nitrogens with one attached hydrogen (secondary N) is 1. The summed E-state index contributed by atoms with van der Waals surface area (Å²) in [5.74, 6) is -0.349. The third-order valence-electron chi connectivity index (χ3n) is 6.87. The van der Waals surface area contributed by atoms with Crippen molar-refractivity contribution >= 4 is 23.4 Å². The molecule has 4 aromatic rings. The van der Waals surface area contributed by atoms with E-state index in [-0.39, 0.29) is 24.2 Å². The highest BCUT2D eigenvalue weighted by Crippen LogP contribution is 2.30. The average molecular weight is 539 g/mol. The summed E-state index contributed by atoms with van der Waals surface area (Å²) < 4.78 is 0. The molecule has 0 aliphatic carbocycles. The second kappa shape index (κ2) is 14.3. The van der Waals surface area contributed by atoms with Crippen molar-refractivity contribution in [3.8, 4) is 0 Å². The lowest BCUT2D eigenvalue weighted by molar-refractivity contribution is -0.141. The quantitative estimate of drug-likeness (QED) is 0.210. The summed E-state index contributed by atoms with van der Waals surface area (Å²) in [4.78, 5) is 29.6. The van der Waals surface area contributed by atoms with Crippen LogP contribution < -0.4 is 5.32 Å². The van der Waals surface area contributed by atoms with E-state index in [4.69, 9.17) is 11.6 Å². The first-order valence-electron chi connectivity index (χ1n) is 13.5. The Hall–Kier alpha value is -3.89. The molecular weight excluding hydrogens is 504 g/mol. The summed E-state index contributed by atoms with van der Waals surface area (Å²) >= 11 is 6.15. The highest BCUT2D eigenvalue weighted by atomic mass is 35.5. The van der Waals surface area contributed by atoms with Crippen LogP contribution in [0, 0.1) is 0 Å². The predicted molar refractivity (Wildman–Crippen MR) is 159 cm³/mol. The Kier molecular flexibility index (Phi) is 10.3. The van der Waals surface area contributed by atoms with E-state index in [1.165, 1.54) is 0 Å². The first-order valence-corrected chi connectivity index (χ1v) is 13.9. The van der Waals surface area contributed by atoms with Crippen molar-refractivity contribution in [1.29, 1.82) is 0 Å². The summed E-state index contributed by atoms with van der Waals surface area (Å²) in [6.07, 6.45) is 1.49. The van der Waals surface area contributed by atoms with Crippen LogP contribution in [0.1, 0.15) is 47.9 Å². The summed E-state index contributed by atoms with van der Waals surface area (Å²) in [6, 6.07) is 36.9. The van der Waals surface area contributed by atoms with Crippen LogP contribution in [0.3, 0.4) is 0 Å². The highest BCUT2D eigenvalue weighted by molar-refractivity contribution is 6.30. The monoisotopic (exact) mass is 538 g/mol. The van der Waals surface area contributed by atoms with Crippen LogP contribution in [0.2, 0.25) is 5.02 Å². The van der Waals surface area contributed by atoms with Crippen molar-refractivity contribution in [1.82, 2.24) is 10.2 Å². The molecule has 2 amide bonds. The zero-order valence-corrected chi connectivity index (χ0v) is 23.1. The largest absolute Gasteiger partial charge is 0.354 e. The molecule has 0 saturated heterocycles. The molecule has 4 rings (SSSR count). The standard InChI is InChI=1S/C34H35ClN2O2/c1-2-22-36-34(39)32(23-26-12-6-3-7-13-26)37(25-27-18-20-30(35)21-19-27)33(38)24-31(28-14-8-4-9-15-28)29-16-10-5-11-17-29/h3-21,31-32H,2,22-25H2,1H3,(H,36,39). The van der Waals surface area contributed by atoms with Crippen LogP contribution >= 0.6 is 11.6 Å². The first-order chi connectivity index (χ1) is 19.0. The smallest absolute Gasteiger partial charge is 0.243 e. The molecule has 0 radical (unpaired) electrons. The van der Waals surface area contributed by atoms with Gasteiger partial charge in [-0.15, -0.1) is 0 Å². The molecule has 1 unspecified atom stereocenters. The van der Waals surface area contributed by atoms with Crippen molar-refractivity contribution in [3.05, 3.63) is 143 Å². The van der Waals surface area contributed by atoms with E-state index in [0.717, 1.165) is 28.7 Å². The number of hydrogen-bond donors (Lipinski definition) is 1. The van der Waals surface area contributed by atoms with Crippen molar-refractivity contribution in [2.24, 2.45) is 0 Å². The Balaban J connectivity index is 1.71. The van der Waals surface area contributed by atoms with Crippen LogP contribution in [0.25, 0.3) is 0 Å². The summed E-state index contributed by atoms with van der Waals surface area (Å²) in [5.41, 5.74) is 4.06. The molecule has 0 heterocycles. The van der Waals surface area contributed by atoms with E-state index in [1.54, 1.807) is 4.90 Å². The van der Waals surface area contributed by atoms with E-state index in [1.807, 2.05) is 97.9 Å². The second-order valence-electron chi connectivity index (χ2n) is 9.72. The van der Waals surface area contributed by atoms with Gasteiger partial charge in [0.05, 0.1) is 0 Å². The molecule has 0 bridgehead atoms. The average Bonchev–Trinajstić information content (AvgIpc) is 2.98. The minimum atomic E-state index is -0.658.